The number of aliphatic imine (C=N–C) groups is 1. The van der Waals surface area contributed by atoms with Gasteiger partial charge in [-0.15, -0.1) is 0 Å². The van der Waals surface area contributed by atoms with Crippen LogP contribution in [0.5, 0.6) is 5.75 Å². The van der Waals surface area contributed by atoms with Gasteiger partial charge in [0.05, 0.1) is 11.3 Å². The van der Waals surface area contributed by atoms with Gasteiger partial charge in [0.25, 0.3) is 0 Å². The van der Waals surface area contributed by atoms with Gasteiger partial charge in [0.1, 0.15) is 17.1 Å². The van der Waals surface area contributed by atoms with Gasteiger partial charge in [-0.1, -0.05) is 24.3 Å². The summed E-state index contributed by atoms with van der Waals surface area (Å²) < 4.78 is 19.6. The Morgan fingerprint density at radius 1 is 1.08 bits per heavy atom. The summed E-state index contributed by atoms with van der Waals surface area (Å²) in [4.78, 5) is 8.75. The lowest BCUT2D eigenvalue weighted by Gasteiger charge is -2.01. The Hall–Kier alpha value is -3.47. The number of fused-ring (bicyclic) bond motifs is 1. The van der Waals surface area contributed by atoms with Gasteiger partial charge in [-0.3, -0.25) is 4.99 Å². The molecule has 1 heterocycles. The number of aromatic nitrogens is 1. The molecular formula is C21H15FN2O2. The average Bonchev–Trinajstić information content (AvgIpc) is 3.06. The molecule has 128 valence electrons. The molecule has 0 aliphatic rings. The van der Waals surface area contributed by atoms with Gasteiger partial charge in [-0.25, -0.2) is 9.37 Å². The zero-order valence-electron chi connectivity index (χ0n) is 14.0. The maximum absolute atomic E-state index is 13.9. The summed E-state index contributed by atoms with van der Waals surface area (Å²) in [6, 6.07) is 17.1. The largest absolute Gasteiger partial charge is 0.507 e. The Kier molecular flexibility index (Phi) is 3.97. The minimum Gasteiger partial charge on any atom is -0.507 e. The molecule has 3 aromatic carbocycles. The summed E-state index contributed by atoms with van der Waals surface area (Å²) in [7, 11) is 0. The summed E-state index contributed by atoms with van der Waals surface area (Å²) in [5.74, 6) is 0.0587. The number of oxazole rings is 1. The molecule has 0 spiro atoms. The van der Waals surface area contributed by atoms with Gasteiger partial charge < -0.3 is 9.52 Å². The predicted molar refractivity (Wildman–Crippen MR) is 99.5 cm³/mol. The average molecular weight is 346 g/mol. The van der Waals surface area contributed by atoms with Crippen LogP contribution in [0.2, 0.25) is 0 Å². The topological polar surface area (TPSA) is 58.6 Å². The Balaban J connectivity index is 1.69. The molecule has 0 unspecified atom stereocenters. The van der Waals surface area contributed by atoms with Gasteiger partial charge in [-0.2, -0.15) is 0 Å². The van der Waals surface area contributed by atoms with Crippen LogP contribution in [-0.4, -0.2) is 16.3 Å². The fraction of sp³-hybridized carbons (Fsp3) is 0.0476. The number of nitrogens with zero attached hydrogens (tertiary/aromatic N) is 2. The molecule has 0 bridgehead atoms. The van der Waals surface area contributed by atoms with Crippen LogP contribution in [0.15, 0.2) is 70.1 Å². The highest BCUT2D eigenvalue weighted by molar-refractivity contribution is 5.87. The van der Waals surface area contributed by atoms with E-state index in [1.807, 2.05) is 19.1 Å². The summed E-state index contributed by atoms with van der Waals surface area (Å²) in [6.45, 7) is 1.83. The van der Waals surface area contributed by atoms with E-state index in [1.165, 1.54) is 6.07 Å². The van der Waals surface area contributed by atoms with Crippen LogP contribution < -0.4 is 0 Å². The van der Waals surface area contributed by atoms with Crippen molar-refractivity contribution >= 4 is 23.0 Å². The second kappa shape index (κ2) is 6.44. The normalized spacial score (nSPS) is 11.5. The van der Waals surface area contributed by atoms with Crippen LogP contribution in [0.3, 0.4) is 0 Å². The van der Waals surface area contributed by atoms with Gasteiger partial charge in [0.15, 0.2) is 5.58 Å². The van der Waals surface area contributed by atoms with Crippen molar-refractivity contribution in [2.75, 3.05) is 0 Å². The fourth-order valence-electron chi connectivity index (χ4n) is 2.68. The van der Waals surface area contributed by atoms with Crippen molar-refractivity contribution in [2.24, 2.45) is 4.99 Å². The lowest BCUT2D eigenvalue weighted by atomic mass is 10.1. The second-order valence-electron chi connectivity index (χ2n) is 5.92. The number of hydrogen-bond donors (Lipinski definition) is 1. The van der Waals surface area contributed by atoms with Crippen LogP contribution in [-0.2, 0) is 0 Å². The van der Waals surface area contributed by atoms with E-state index in [0.717, 1.165) is 5.56 Å². The number of phenols is 1. The molecule has 0 saturated carbocycles. The first-order valence-corrected chi connectivity index (χ1v) is 8.10. The van der Waals surface area contributed by atoms with E-state index in [4.69, 9.17) is 4.42 Å². The Morgan fingerprint density at radius 2 is 1.92 bits per heavy atom. The van der Waals surface area contributed by atoms with Gasteiger partial charge in [0, 0.05) is 11.8 Å². The van der Waals surface area contributed by atoms with Crippen molar-refractivity contribution < 1.29 is 13.9 Å². The summed E-state index contributed by atoms with van der Waals surface area (Å²) >= 11 is 0. The van der Waals surface area contributed by atoms with E-state index in [1.54, 1.807) is 48.7 Å². The van der Waals surface area contributed by atoms with Crippen LogP contribution in [0.25, 0.3) is 22.6 Å². The molecule has 5 heteroatoms. The first-order valence-electron chi connectivity index (χ1n) is 8.10. The first-order chi connectivity index (χ1) is 12.6. The molecule has 1 N–H and O–H groups in total. The molecule has 4 rings (SSSR count). The van der Waals surface area contributed by atoms with Crippen LogP contribution in [0.1, 0.15) is 11.1 Å². The maximum atomic E-state index is 13.9. The molecule has 0 radical (unpaired) electrons. The van der Waals surface area contributed by atoms with Gasteiger partial charge in [0.2, 0.25) is 5.89 Å². The number of hydrogen-bond acceptors (Lipinski definition) is 4. The Bertz CT molecular complexity index is 1130. The minimum absolute atomic E-state index is 0.209. The van der Waals surface area contributed by atoms with E-state index < -0.39 is 0 Å². The van der Waals surface area contributed by atoms with Crippen LogP contribution in [0, 0.1) is 12.7 Å². The number of rotatable bonds is 3. The highest BCUT2D eigenvalue weighted by atomic mass is 19.1. The molecule has 4 nitrogen and oxygen atoms in total. The maximum Gasteiger partial charge on any atom is 0.230 e. The lowest BCUT2D eigenvalue weighted by molar-refractivity contribution is 0.470. The molecular weight excluding hydrogens is 331 g/mol. The number of aromatic hydroxyl groups is 1. The third kappa shape index (κ3) is 2.95. The molecule has 1 aromatic heterocycles. The summed E-state index contributed by atoms with van der Waals surface area (Å²) in [5.41, 5.74) is 3.55. The van der Waals surface area contributed by atoms with Crippen molar-refractivity contribution in [2.45, 2.75) is 6.92 Å². The monoisotopic (exact) mass is 346 g/mol. The number of halogens is 1. The summed E-state index contributed by atoms with van der Waals surface area (Å²) in [5, 5.41) is 10.0. The zero-order chi connectivity index (χ0) is 18.1. The first kappa shape index (κ1) is 16.0. The van der Waals surface area contributed by atoms with E-state index in [0.29, 0.717) is 27.9 Å². The molecule has 0 atom stereocenters. The third-order valence-corrected chi connectivity index (χ3v) is 4.10. The minimum atomic E-state index is -0.382. The fourth-order valence-corrected chi connectivity index (χ4v) is 2.68. The predicted octanol–water partition coefficient (Wildman–Crippen LogP) is 5.40. The van der Waals surface area contributed by atoms with Crippen molar-refractivity contribution in [3.05, 3.63) is 77.6 Å². The van der Waals surface area contributed by atoms with E-state index in [9.17, 15) is 9.50 Å². The number of aryl methyl sites for hydroxylation is 1. The third-order valence-electron chi connectivity index (χ3n) is 4.10. The molecule has 0 fully saturated rings. The summed E-state index contributed by atoms with van der Waals surface area (Å²) in [6.07, 6.45) is 1.60. The zero-order valence-corrected chi connectivity index (χ0v) is 14.0. The molecule has 0 amide bonds. The molecule has 0 saturated heterocycles. The Morgan fingerprint density at radius 3 is 2.77 bits per heavy atom. The lowest BCUT2D eigenvalue weighted by Crippen LogP contribution is -1.84. The Labute approximate surface area is 149 Å². The highest BCUT2D eigenvalue weighted by Crippen LogP contribution is 2.28. The quantitative estimate of drug-likeness (QED) is 0.505. The van der Waals surface area contributed by atoms with E-state index in [-0.39, 0.29) is 17.5 Å². The van der Waals surface area contributed by atoms with Crippen LogP contribution in [0.4, 0.5) is 10.1 Å². The highest BCUT2D eigenvalue weighted by Gasteiger charge is 2.12. The van der Waals surface area contributed by atoms with Gasteiger partial charge in [-0.05, 0) is 48.9 Å². The molecule has 26 heavy (non-hydrogen) atoms. The van der Waals surface area contributed by atoms with Crippen molar-refractivity contribution in [3.63, 3.8) is 0 Å². The van der Waals surface area contributed by atoms with Crippen LogP contribution >= 0.6 is 0 Å². The second-order valence-corrected chi connectivity index (χ2v) is 5.92. The van der Waals surface area contributed by atoms with Crippen molar-refractivity contribution in [1.29, 1.82) is 0 Å². The standard InChI is InChI=1S/C21H15FN2O2/c1-13-5-4-6-14(20(13)25)12-23-15-9-10-19-18(11-15)24-21(26-19)16-7-2-3-8-17(16)22/h2-12,25H,1H3. The van der Waals surface area contributed by atoms with Crippen molar-refractivity contribution in [3.8, 4) is 17.2 Å². The van der Waals surface area contributed by atoms with E-state index in [2.05, 4.69) is 9.98 Å². The number of para-hydroxylation sites is 1. The van der Waals surface area contributed by atoms with E-state index >= 15 is 0 Å². The molecule has 0 aliphatic heterocycles. The van der Waals surface area contributed by atoms with Crippen molar-refractivity contribution in [1.82, 2.24) is 4.98 Å². The SMILES string of the molecule is Cc1cccc(C=Nc2ccc3oc(-c4ccccc4F)nc3c2)c1O. The van der Waals surface area contributed by atoms with Gasteiger partial charge >= 0.3 is 0 Å². The number of phenolic OH excluding ortho intramolecular Hbond substituents is 1. The molecule has 0 aliphatic carbocycles. The number of benzene rings is 3. The molecule has 4 aromatic rings. The smallest absolute Gasteiger partial charge is 0.230 e.